The van der Waals surface area contributed by atoms with Gasteiger partial charge < -0.3 is 10.2 Å². The van der Waals surface area contributed by atoms with Gasteiger partial charge in [0.2, 0.25) is 21.8 Å². The van der Waals surface area contributed by atoms with Gasteiger partial charge in [0.15, 0.2) is 0 Å². The molecule has 7 nitrogen and oxygen atoms in total. The summed E-state index contributed by atoms with van der Waals surface area (Å²) in [6, 6.07) is 10.5. The second-order valence-electron chi connectivity index (χ2n) is 9.91. The summed E-state index contributed by atoms with van der Waals surface area (Å²) in [6.45, 7) is 4.43. The van der Waals surface area contributed by atoms with Crippen LogP contribution in [0.25, 0.3) is 0 Å². The van der Waals surface area contributed by atoms with E-state index in [-0.39, 0.29) is 47.7 Å². The monoisotopic (exact) mass is 515 g/mol. The summed E-state index contributed by atoms with van der Waals surface area (Å²) in [5.74, 6) is -0.102. The van der Waals surface area contributed by atoms with Gasteiger partial charge in [-0.25, -0.2) is 8.42 Å². The van der Waals surface area contributed by atoms with Crippen molar-refractivity contribution < 1.29 is 18.0 Å². The van der Waals surface area contributed by atoms with Crippen molar-refractivity contribution in [3.8, 4) is 0 Å². The van der Waals surface area contributed by atoms with E-state index < -0.39 is 10.0 Å². The summed E-state index contributed by atoms with van der Waals surface area (Å²) in [4.78, 5) is 27.6. The van der Waals surface area contributed by atoms with Gasteiger partial charge in [-0.05, 0) is 87.4 Å². The Hall–Kier alpha value is -2.42. The number of piperidine rings is 1. The molecule has 0 aromatic heterocycles. The van der Waals surface area contributed by atoms with Crippen molar-refractivity contribution in [1.82, 2.24) is 4.31 Å². The molecule has 1 N–H and O–H groups in total. The number of nitrogens with one attached hydrogen (secondary N) is 1. The maximum absolute atomic E-state index is 13.4. The van der Waals surface area contributed by atoms with E-state index in [9.17, 15) is 18.0 Å². The first-order valence-corrected chi connectivity index (χ1v) is 14.0. The van der Waals surface area contributed by atoms with Crippen LogP contribution < -0.4 is 10.2 Å². The largest absolute Gasteiger partial charge is 0.326 e. The minimum Gasteiger partial charge on any atom is -0.326 e. The molecular weight excluding hydrogens is 486 g/mol. The Morgan fingerprint density at radius 1 is 1.03 bits per heavy atom. The molecule has 2 aromatic carbocycles. The second-order valence-corrected chi connectivity index (χ2v) is 12.3. The van der Waals surface area contributed by atoms with Gasteiger partial charge in [0.05, 0.1) is 4.90 Å². The third-order valence-corrected chi connectivity index (χ3v) is 9.72. The van der Waals surface area contributed by atoms with Gasteiger partial charge in [-0.3, -0.25) is 9.59 Å². The summed E-state index contributed by atoms with van der Waals surface area (Å²) >= 11 is 6.15. The molecule has 5 rings (SSSR count). The quantitative estimate of drug-likeness (QED) is 0.640. The van der Waals surface area contributed by atoms with Crippen molar-refractivity contribution >= 4 is 44.8 Å². The summed E-state index contributed by atoms with van der Waals surface area (Å²) in [5, 5.41) is 3.53. The lowest BCUT2D eigenvalue weighted by atomic mass is 9.97. The number of halogens is 1. The molecule has 1 saturated carbocycles. The van der Waals surface area contributed by atoms with Crippen LogP contribution in [0, 0.1) is 18.8 Å². The van der Waals surface area contributed by atoms with E-state index >= 15 is 0 Å². The van der Waals surface area contributed by atoms with Crippen LogP contribution >= 0.6 is 11.6 Å². The van der Waals surface area contributed by atoms with Gasteiger partial charge >= 0.3 is 0 Å². The van der Waals surface area contributed by atoms with Crippen LogP contribution in [0.3, 0.4) is 0 Å². The van der Waals surface area contributed by atoms with Crippen molar-refractivity contribution in [3.63, 3.8) is 0 Å². The lowest BCUT2D eigenvalue weighted by Crippen LogP contribution is -2.41. The third-order valence-electron chi connectivity index (χ3n) is 7.42. The molecule has 1 atom stereocenters. The SMILES string of the molecule is Cc1c(Cl)cccc1NC(=O)C1CCN(S(=O)(=O)c2ccc3c(c2)CC(C)N3C(=O)C2CC2)CC1. The summed E-state index contributed by atoms with van der Waals surface area (Å²) in [6.07, 6.45) is 3.45. The van der Waals surface area contributed by atoms with Crippen molar-refractivity contribution in [3.05, 3.63) is 52.5 Å². The highest BCUT2D eigenvalue weighted by molar-refractivity contribution is 7.89. The Balaban J connectivity index is 1.25. The number of amides is 2. The van der Waals surface area contributed by atoms with Crippen molar-refractivity contribution in [2.45, 2.75) is 56.9 Å². The number of hydrogen-bond donors (Lipinski definition) is 1. The maximum atomic E-state index is 13.4. The fraction of sp³-hybridized carbons (Fsp3) is 0.462. The first-order chi connectivity index (χ1) is 16.7. The number of rotatable bonds is 5. The van der Waals surface area contributed by atoms with Crippen molar-refractivity contribution in [1.29, 1.82) is 0 Å². The lowest BCUT2D eigenvalue weighted by molar-refractivity contribution is -0.121. The first kappa shape index (κ1) is 24.3. The molecule has 186 valence electrons. The molecular formula is C26H30ClN3O4S. The van der Waals surface area contributed by atoms with E-state index in [0.29, 0.717) is 30.0 Å². The number of carbonyl (C=O) groups excluding carboxylic acids is 2. The number of nitrogens with zero attached hydrogens (tertiary/aromatic N) is 2. The molecule has 1 aliphatic carbocycles. The molecule has 2 aliphatic heterocycles. The topological polar surface area (TPSA) is 86.8 Å². The van der Waals surface area contributed by atoms with Crippen LogP contribution in [0.5, 0.6) is 0 Å². The standard InChI is InChI=1S/C26H30ClN3O4S/c1-16-14-20-15-21(8-9-24(20)30(16)26(32)19-6-7-19)35(33,34)29-12-10-18(11-13-29)25(31)28-23-5-3-4-22(27)17(23)2/h3-5,8-9,15-16,18-19H,6-7,10-14H2,1-2H3,(H,28,31). The molecule has 2 aromatic rings. The zero-order valence-electron chi connectivity index (χ0n) is 20.0. The minimum absolute atomic E-state index is 0.0356. The van der Waals surface area contributed by atoms with Crippen LogP contribution in [-0.2, 0) is 26.0 Å². The van der Waals surface area contributed by atoms with Crippen molar-refractivity contribution in [2.75, 3.05) is 23.3 Å². The van der Waals surface area contributed by atoms with E-state index in [1.54, 1.807) is 30.3 Å². The van der Waals surface area contributed by atoms with Gasteiger partial charge in [-0.15, -0.1) is 0 Å². The van der Waals surface area contributed by atoms with Crippen LogP contribution in [0.15, 0.2) is 41.3 Å². The predicted octanol–water partition coefficient (Wildman–Crippen LogP) is 4.38. The third kappa shape index (κ3) is 4.59. The average Bonchev–Trinajstić information content (AvgIpc) is 3.63. The minimum atomic E-state index is -3.68. The first-order valence-electron chi connectivity index (χ1n) is 12.2. The van der Waals surface area contributed by atoms with E-state index in [4.69, 9.17) is 11.6 Å². The number of hydrogen-bond acceptors (Lipinski definition) is 4. The molecule has 1 saturated heterocycles. The smallest absolute Gasteiger partial charge is 0.243 e. The molecule has 9 heteroatoms. The molecule has 3 aliphatic rings. The van der Waals surface area contributed by atoms with E-state index in [2.05, 4.69) is 5.32 Å². The molecule has 1 unspecified atom stereocenters. The average molecular weight is 516 g/mol. The highest BCUT2D eigenvalue weighted by Crippen LogP contribution is 2.40. The summed E-state index contributed by atoms with van der Waals surface area (Å²) in [5.41, 5.74) is 3.23. The highest BCUT2D eigenvalue weighted by atomic mass is 35.5. The van der Waals surface area contributed by atoms with Crippen molar-refractivity contribution in [2.24, 2.45) is 11.8 Å². The maximum Gasteiger partial charge on any atom is 0.243 e. The van der Waals surface area contributed by atoms with Gasteiger partial charge in [-0.1, -0.05) is 17.7 Å². The fourth-order valence-electron chi connectivity index (χ4n) is 5.12. The van der Waals surface area contributed by atoms with Crippen LogP contribution in [0.1, 0.15) is 43.7 Å². The molecule has 2 fully saturated rings. The predicted molar refractivity (Wildman–Crippen MR) is 136 cm³/mol. The second kappa shape index (κ2) is 9.22. The molecule has 0 spiro atoms. The number of carbonyl (C=O) groups is 2. The summed E-state index contributed by atoms with van der Waals surface area (Å²) < 4.78 is 28.2. The number of sulfonamides is 1. The van der Waals surface area contributed by atoms with Crippen LogP contribution in [-0.4, -0.2) is 43.7 Å². The Morgan fingerprint density at radius 2 is 1.74 bits per heavy atom. The molecule has 35 heavy (non-hydrogen) atoms. The highest BCUT2D eigenvalue weighted by Gasteiger charge is 2.40. The summed E-state index contributed by atoms with van der Waals surface area (Å²) in [7, 11) is -3.68. The van der Waals surface area contributed by atoms with Gasteiger partial charge in [-0.2, -0.15) is 4.31 Å². The Labute approximate surface area is 211 Å². The normalized spacial score (nSPS) is 21.1. The number of anilines is 2. The van der Waals surface area contributed by atoms with E-state index in [1.807, 2.05) is 24.8 Å². The van der Waals surface area contributed by atoms with Crippen LogP contribution in [0.4, 0.5) is 11.4 Å². The number of benzene rings is 2. The van der Waals surface area contributed by atoms with E-state index in [0.717, 1.165) is 29.7 Å². The zero-order chi connectivity index (χ0) is 24.9. The van der Waals surface area contributed by atoms with Crippen LogP contribution in [0.2, 0.25) is 5.02 Å². The number of fused-ring (bicyclic) bond motifs is 1. The van der Waals surface area contributed by atoms with E-state index in [1.165, 1.54) is 4.31 Å². The van der Waals surface area contributed by atoms with Gasteiger partial charge in [0.25, 0.3) is 0 Å². The zero-order valence-corrected chi connectivity index (χ0v) is 21.5. The molecule has 2 heterocycles. The Bertz CT molecular complexity index is 1280. The fourth-order valence-corrected chi connectivity index (χ4v) is 6.81. The molecule has 0 bridgehead atoms. The Kier molecular flexibility index (Phi) is 6.40. The van der Waals surface area contributed by atoms with Gasteiger partial charge in [0.1, 0.15) is 0 Å². The molecule has 2 amide bonds. The lowest BCUT2D eigenvalue weighted by Gasteiger charge is -2.31. The molecule has 0 radical (unpaired) electrons. The van der Waals surface area contributed by atoms with Gasteiger partial charge in [0, 0.05) is 47.4 Å². The Morgan fingerprint density at radius 3 is 2.43 bits per heavy atom.